The Balaban J connectivity index is 1.69. The van der Waals surface area contributed by atoms with Gasteiger partial charge >= 0.3 is 0 Å². The number of aromatic nitrogens is 2. The molecule has 130 valence electrons. The lowest BCUT2D eigenvalue weighted by atomic mass is 9.91. The van der Waals surface area contributed by atoms with Crippen molar-refractivity contribution in [3.8, 4) is 0 Å². The summed E-state index contributed by atoms with van der Waals surface area (Å²) in [5.41, 5.74) is 5.56. The first-order chi connectivity index (χ1) is 12.2. The van der Waals surface area contributed by atoms with Crippen LogP contribution in [0.3, 0.4) is 0 Å². The van der Waals surface area contributed by atoms with Crippen LogP contribution in [0.1, 0.15) is 55.0 Å². The highest BCUT2D eigenvalue weighted by Gasteiger charge is 2.24. The summed E-state index contributed by atoms with van der Waals surface area (Å²) in [6.45, 7) is 6.63. The summed E-state index contributed by atoms with van der Waals surface area (Å²) in [6, 6.07) is 6.71. The van der Waals surface area contributed by atoms with Crippen molar-refractivity contribution in [3.05, 3.63) is 53.0 Å². The molecule has 2 aromatic heterocycles. The first kappa shape index (κ1) is 16.2. The van der Waals surface area contributed by atoms with Gasteiger partial charge < -0.3 is 10.1 Å². The number of rotatable bonds is 4. The van der Waals surface area contributed by atoms with Crippen LogP contribution in [-0.2, 0) is 11.3 Å². The van der Waals surface area contributed by atoms with E-state index in [0.29, 0.717) is 18.5 Å². The molecule has 1 N–H and O–H groups in total. The van der Waals surface area contributed by atoms with Crippen molar-refractivity contribution in [2.75, 3.05) is 18.5 Å². The lowest BCUT2D eigenvalue weighted by molar-refractivity contribution is 0.0853. The van der Waals surface area contributed by atoms with Gasteiger partial charge in [0.2, 0.25) is 0 Å². The van der Waals surface area contributed by atoms with Gasteiger partial charge in [-0.2, -0.15) is 0 Å². The Morgan fingerprint density at radius 1 is 1.12 bits per heavy atom. The van der Waals surface area contributed by atoms with Crippen LogP contribution in [0.2, 0.25) is 0 Å². The van der Waals surface area contributed by atoms with Gasteiger partial charge in [-0.25, -0.2) is 4.98 Å². The third kappa shape index (κ3) is 3.29. The molecule has 0 aliphatic carbocycles. The van der Waals surface area contributed by atoms with Gasteiger partial charge in [-0.15, -0.1) is 0 Å². The van der Waals surface area contributed by atoms with Gasteiger partial charge in [0.1, 0.15) is 5.82 Å². The Kier molecular flexibility index (Phi) is 4.49. The van der Waals surface area contributed by atoms with Crippen molar-refractivity contribution in [2.24, 2.45) is 4.99 Å². The van der Waals surface area contributed by atoms with E-state index >= 15 is 0 Å². The topological polar surface area (TPSA) is 59.4 Å². The molecule has 2 aliphatic heterocycles. The SMILES string of the molecule is CC(C)Nc1nccc2c1C(c1cc(C3CCOCC3)ccn1)=NC2. The number of anilines is 1. The standard InChI is InChI=1S/C20H24N4O/c1-13(2)24-20-18-16(4-8-22-20)12-23-19(18)17-11-15(3-7-21-17)14-5-9-25-10-6-14/h3-4,7-8,11,13-14H,5-6,9-10,12H2,1-2H3,(H,22,24). The Morgan fingerprint density at radius 3 is 2.72 bits per heavy atom. The maximum Gasteiger partial charge on any atom is 0.136 e. The van der Waals surface area contributed by atoms with Crippen molar-refractivity contribution in [1.29, 1.82) is 0 Å². The van der Waals surface area contributed by atoms with E-state index in [2.05, 4.69) is 47.3 Å². The highest BCUT2D eigenvalue weighted by atomic mass is 16.5. The quantitative estimate of drug-likeness (QED) is 0.928. The third-order valence-corrected chi connectivity index (χ3v) is 4.83. The molecule has 0 radical (unpaired) electrons. The van der Waals surface area contributed by atoms with Crippen LogP contribution in [0, 0.1) is 0 Å². The van der Waals surface area contributed by atoms with E-state index in [4.69, 9.17) is 9.73 Å². The fraction of sp³-hybridized carbons (Fsp3) is 0.450. The summed E-state index contributed by atoms with van der Waals surface area (Å²) in [4.78, 5) is 13.9. The predicted molar refractivity (Wildman–Crippen MR) is 99.4 cm³/mol. The van der Waals surface area contributed by atoms with Crippen molar-refractivity contribution in [3.63, 3.8) is 0 Å². The Morgan fingerprint density at radius 2 is 1.92 bits per heavy atom. The van der Waals surface area contributed by atoms with Crippen molar-refractivity contribution in [1.82, 2.24) is 9.97 Å². The Hall–Kier alpha value is -2.27. The van der Waals surface area contributed by atoms with Gasteiger partial charge in [-0.05, 0) is 61.9 Å². The van der Waals surface area contributed by atoms with Crippen molar-refractivity contribution < 1.29 is 4.74 Å². The first-order valence-corrected chi connectivity index (χ1v) is 9.05. The minimum atomic E-state index is 0.322. The zero-order chi connectivity index (χ0) is 17.2. The van der Waals surface area contributed by atoms with Crippen molar-refractivity contribution in [2.45, 2.75) is 45.2 Å². The molecule has 0 unspecified atom stereocenters. The van der Waals surface area contributed by atoms with Crippen molar-refractivity contribution >= 4 is 11.5 Å². The molecule has 5 nitrogen and oxygen atoms in total. The van der Waals surface area contributed by atoms with E-state index in [1.807, 2.05) is 12.4 Å². The highest BCUT2D eigenvalue weighted by molar-refractivity contribution is 6.16. The number of nitrogens with zero attached hydrogens (tertiary/aromatic N) is 3. The monoisotopic (exact) mass is 336 g/mol. The number of hydrogen-bond donors (Lipinski definition) is 1. The van der Waals surface area contributed by atoms with Crippen LogP contribution in [-0.4, -0.2) is 34.9 Å². The third-order valence-electron chi connectivity index (χ3n) is 4.83. The second-order valence-corrected chi connectivity index (χ2v) is 7.02. The number of ether oxygens (including phenoxy) is 1. The van der Waals surface area contributed by atoms with Gasteiger partial charge in [0.15, 0.2) is 0 Å². The van der Waals surface area contributed by atoms with E-state index in [1.165, 1.54) is 11.1 Å². The van der Waals surface area contributed by atoms with Gasteiger partial charge in [-0.1, -0.05) is 0 Å². The Labute approximate surface area is 148 Å². The van der Waals surface area contributed by atoms with E-state index in [1.54, 1.807) is 0 Å². The molecule has 4 heterocycles. The number of pyridine rings is 2. The molecular weight excluding hydrogens is 312 g/mol. The molecule has 4 rings (SSSR count). The highest BCUT2D eigenvalue weighted by Crippen LogP contribution is 2.31. The summed E-state index contributed by atoms with van der Waals surface area (Å²) in [6.07, 6.45) is 5.92. The van der Waals surface area contributed by atoms with Gasteiger partial charge in [0.25, 0.3) is 0 Å². The second kappa shape index (κ2) is 6.92. The summed E-state index contributed by atoms with van der Waals surface area (Å²) in [5, 5.41) is 3.45. The molecule has 2 aromatic rings. The predicted octanol–water partition coefficient (Wildman–Crippen LogP) is 3.54. The minimum Gasteiger partial charge on any atom is -0.381 e. The number of nitrogens with one attached hydrogen (secondary N) is 1. The second-order valence-electron chi connectivity index (χ2n) is 7.02. The van der Waals surface area contributed by atoms with E-state index < -0.39 is 0 Å². The lowest BCUT2D eigenvalue weighted by Gasteiger charge is -2.22. The number of hydrogen-bond acceptors (Lipinski definition) is 5. The maximum atomic E-state index is 5.49. The summed E-state index contributed by atoms with van der Waals surface area (Å²) >= 11 is 0. The molecule has 0 saturated carbocycles. The van der Waals surface area contributed by atoms with Crippen LogP contribution in [0.5, 0.6) is 0 Å². The molecule has 0 aromatic carbocycles. The summed E-state index contributed by atoms with van der Waals surface area (Å²) in [5.74, 6) is 1.46. The molecular formula is C20H24N4O. The molecule has 1 saturated heterocycles. The molecule has 0 bridgehead atoms. The smallest absolute Gasteiger partial charge is 0.136 e. The van der Waals surface area contributed by atoms with Crippen LogP contribution in [0.25, 0.3) is 0 Å². The Bertz CT molecular complexity index is 794. The molecule has 0 atom stereocenters. The molecule has 5 heteroatoms. The van der Waals surface area contributed by atoms with E-state index in [-0.39, 0.29) is 0 Å². The fourth-order valence-electron chi connectivity index (χ4n) is 3.59. The molecule has 25 heavy (non-hydrogen) atoms. The average Bonchev–Trinajstić information content (AvgIpc) is 3.07. The normalized spacial score (nSPS) is 17.5. The molecule has 2 aliphatic rings. The zero-order valence-corrected chi connectivity index (χ0v) is 14.8. The molecule has 0 amide bonds. The first-order valence-electron chi connectivity index (χ1n) is 9.05. The van der Waals surface area contributed by atoms with Gasteiger partial charge in [0, 0.05) is 37.2 Å². The zero-order valence-electron chi connectivity index (χ0n) is 14.8. The van der Waals surface area contributed by atoms with Crippen LogP contribution >= 0.6 is 0 Å². The minimum absolute atomic E-state index is 0.322. The van der Waals surface area contributed by atoms with Crippen LogP contribution < -0.4 is 5.32 Å². The van der Waals surface area contributed by atoms with E-state index in [0.717, 1.165) is 48.8 Å². The number of fused-ring (bicyclic) bond motifs is 1. The number of aliphatic imine (C=N–C) groups is 1. The maximum absolute atomic E-state index is 5.49. The van der Waals surface area contributed by atoms with Gasteiger partial charge in [-0.3, -0.25) is 9.98 Å². The van der Waals surface area contributed by atoms with Crippen LogP contribution in [0.4, 0.5) is 5.82 Å². The average molecular weight is 336 g/mol. The summed E-state index contributed by atoms with van der Waals surface area (Å²) < 4.78 is 5.49. The molecule has 1 fully saturated rings. The largest absolute Gasteiger partial charge is 0.381 e. The fourth-order valence-corrected chi connectivity index (χ4v) is 3.59. The van der Waals surface area contributed by atoms with E-state index in [9.17, 15) is 0 Å². The lowest BCUT2D eigenvalue weighted by Crippen LogP contribution is -2.17. The van der Waals surface area contributed by atoms with Gasteiger partial charge in [0.05, 0.1) is 18.0 Å². The molecule has 0 spiro atoms. The summed E-state index contributed by atoms with van der Waals surface area (Å²) in [7, 11) is 0. The van der Waals surface area contributed by atoms with Crippen LogP contribution in [0.15, 0.2) is 35.6 Å².